The van der Waals surface area contributed by atoms with Crippen molar-refractivity contribution in [3.05, 3.63) is 52.8 Å². The van der Waals surface area contributed by atoms with E-state index in [4.69, 9.17) is 9.47 Å². The third-order valence-electron chi connectivity index (χ3n) is 4.23. The Hall–Kier alpha value is -2.65. The van der Waals surface area contributed by atoms with Crippen molar-refractivity contribution in [1.29, 1.82) is 0 Å². The molecule has 1 aromatic heterocycles. The van der Waals surface area contributed by atoms with Gasteiger partial charge in [-0.05, 0) is 48.4 Å². The summed E-state index contributed by atoms with van der Waals surface area (Å²) in [4.78, 5) is 12.1. The van der Waals surface area contributed by atoms with Crippen molar-refractivity contribution in [2.24, 2.45) is 4.40 Å². The number of nitrogens with zero attached hydrogens (tertiary/aromatic N) is 2. The summed E-state index contributed by atoms with van der Waals surface area (Å²) in [6, 6.07) is 11.8. The molecular formula is C19H20N2O5S2. The van der Waals surface area contributed by atoms with Crippen molar-refractivity contribution in [1.82, 2.24) is 4.57 Å². The van der Waals surface area contributed by atoms with E-state index in [9.17, 15) is 13.2 Å². The van der Waals surface area contributed by atoms with Crippen LogP contribution in [0.4, 0.5) is 0 Å². The standard InChI is InChI=1S/C19H20N2O5S2/c1-4-13-5-10-16-17(11-13)27-19(21(16)12-18(22)26-3)20-28(23,24)15-8-6-14(25-2)7-9-15/h5-11H,4,12H2,1-3H3/b20-19-. The van der Waals surface area contributed by atoms with Crippen LogP contribution in [0, 0.1) is 0 Å². The summed E-state index contributed by atoms with van der Waals surface area (Å²) in [6.07, 6.45) is 0.849. The molecule has 28 heavy (non-hydrogen) atoms. The number of benzene rings is 2. The van der Waals surface area contributed by atoms with Crippen molar-refractivity contribution < 1.29 is 22.7 Å². The molecule has 0 saturated carbocycles. The van der Waals surface area contributed by atoms with Gasteiger partial charge in [0.25, 0.3) is 10.0 Å². The molecule has 3 rings (SSSR count). The Morgan fingerprint density at radius 1 is 1.14 bits per heavy atom. The highest BCUT2D eigenvalue weighted by Gasteiger charge is 2.16. The van der Waals surface area contributed by atoms with Gasteiger partial charge in [-0.25, -0.2) is 0 Å². The summed E-state index contributed by atoms with van der Waals surface area (Å²) in [5, 5.41) is 0. The third-order valence-corrected chi connectivity index (χ3v) is 6.66. The van der Waals surface area contributed by atoms with Gasteiger partial charge in [-0.2, -0.15) is 8.42 Å². The molecular weight excluding hydrogens is 400 g/mol. The van der Waals surface area contributed by atoms with Gasteiger partial charge in [-0.1, -0.05) is 24.3 Å². The molecule has 0 unspecified atom stereocenters. The number of carbonyl (C=O) groups excluding carboxylic acids is 1. The molecule has 9 heteroatoms. The monoisotopic (exact) mass is 420 g/mol. The number of aromatic nitrogens is 1. The predicted molar refractivity (Wildman–Crippen MR) is 107 cm³/mol. The van der Waals surface area contributed by atoms with E-state index in [0.29, 0.717) is 5.75 Å². The molecule has 0 aliphatic carbocycles. The average molecular weight is 421 g/mol. The maximum atomic E-state index is 12.8. The zero-order valence-corrected chi connectivity index (χ0v) is 17.3. The number of esters is 1. The van der Waals surface area contributed by atoms with Crippen LogP contribution >= 0.6 is 11.3 Å². The summed E-state index contributed by atoms with van der Waals surface area (Å²) in [5.74, 6) is 0.0659. The minimum atomic E-state index is -3.96. The first kappa shape index (κ1) is 20.1. The van der Waals surface area contributed by atoms with Gasteiger partial charge in [0.15, 0.2) is 0 Å². The molecule has 0 radical (unpaired) electrons. The predicted octanol–water partition coefficient (Wildman–Crippen LogP) is 2.74. The zero-order chi connectivity index (χ0) is 20.3. The first-order valence-corrected chi connectivity index (χ1v) is 10.8. The molecule has 0 atom stereocenters. The van der Waals surface area contributed by atoms with Crippen LogP contribution in [-0.2, 0) is 32.5 Å². The normalized spacial score (nSPS) is 12.3. The van der Waals surface area contributed by atoms with Gasteiger partial charge in [0.2, 0.25) is 4.80 Å². The Morgan fingerprint density at radius 3 is 2.46 bits per heavy atom. The van der Waals surface area contributed by atoms with Gasteiger partial charge in [0.1, 0.15) is 12.3 Å². The lowest BCUT2D eigenvalue weighted by atomic mass is 10.2. The lowest BCUT2D eigenvalue weighted by Gasteiger charge is -2.05. The number of thiazole rings is 1. The fraction of sp³-hybridized carbons (Fsp3) is 0.263. The summed E-state index contributed by atoms with van der Waals surface area (Å²) in [6.45, 7) is 1.91. The number of aryl methyl sites for hydroxylation is 1. The largest absolute Gasteiger partial charge is 0.497 e. The van der Waals surface area contributed by atoms with Crippen LogP contribution in [0.3, 0.4) is 0 Å². The number of rotatable bonds is 6. The van der Waals surface area contributed by atoms with Crippen LogP contribution in [-0.4, -0.2) is 33.2 Å². The Balaban J connectivity index is 2.18. The molecule has 0 amide bonds. The van der Waals surface area contributed by atoms with E-state index in [2.05, 4.69) is 4.40 Å². The van der Waals surface area contributed by atoms with Gasteiger partial charge in [-0.15, -0.1) is 4.40 Å². The maximum Gasteiger partial charge on any atom is 0.325 e. The number of hydrogen-bond donors (Lipinski definition) is 0. The summed E-state index contributed by atoms with van der Waals surface area (Å²) in [7, 11) is -1.17. The van der Waals surface area contributed by atoms with Crippen molar-refractivity contribution in [2.75, 3.05) is 14.2 Å². The van der Waals surface area contributed by atoms with Crippen molar-refractivity contribution in [2.45, 2.75) is 24.8 Å². The second-order valence-corrected chi connectivity index (χ2v) is 8.56. The molecule has 2 aromatic carbocycles. The number of carbonyl (C=O) groups is 1. The highest BCUT2D eigenvalue weighted by atomic mass is 32.2. The van der Waals surface area contributed by atoms with Gasteiger partial charge < -0.3 is 14.0 Å². The van der Waals surface area contributed by atoms with E-state index in [1.807, 2.05) is 25.1 Å². The van der Waals surface area contributed by atoms with E-state index in [0.717, 1.165) is 22.2 Å². The van der Waals surface area contributed by atoms with Crippen molar-refractivity contribution in [3.8, 4) is 5.75 Å². The van der Waals surface area contributed by atoms with E-state index in [1.54, 1.807) is 16.7 Å². The van der Waals surface area contributed by atoms with Crippen LogP contribution in [0.25, 0.3) is 10.2 Å². The summed E-state index contributed by atoms with van der Waals surface area (Å²) < 4.78 is 41.8. The fourth-order valence-electron chi connectivity index (χ4n) is 2.66. The van der Waals surface area contributed by atoms with E-state index >= 15 is 0 Å². The molecule has 0 aliphatic heterocycles. The first-order valence-electron chi connectivity index (χ1n) is 8.52. The number of ether oxygens (including phenoxy) is 2. The lowest BCUT2D eigenvalue weighted by Crippen LogP contribution is -2.22. The summed E-state index contributed by atoms with van der Waals surface area (Å²) >= 11 is 1.22. The van der Waals surface area contributed by atoms with E-state index in [-0.39, 0.29) is 16.2 Å². The molecule has 0 N–H and O–H groups in total. The number of fused-ring (bicyclic) bond motifs is 1. The Bertz CT molecular complexity index is 1180. The molecule has 0 aliphatic rings. The summed E-state index contributed by atoms with van der Waals surface area (Å²) in [5.41, 5.74) is 1.85. The SMILES string of the molecule is CCc1ccc2c(c1)s/c(=N\S(=O)(=O)c1ccc(OC)cc1)n2CC(=O)OC. The fourth-order valence-corrected chi connectivity index (χ4v) is 4.95. The van der Waals surface area contributed by atoms with Crippen molar-refractivity contribution >= 4 is 37.5 Å². The van der Waals surface area contributed by atoms with Crippen LogP contribution in [0.15, 0.2) is 51.8 Å². The molecule has 7 nitrogen and oxygen atoms in total. The van der Waals surface area contributed by atoms with Gasteiger partial charge in [0, 0.05) is 0 Å². The molecule has 1 heterocycles. The minimum Gasteiger partial charge on any atom is -0.497 e. The number of hydrogen-bond acceptors (Lipinski definition) is 6. The smallest absolute Gasteiger partial charge is 0.325 e. The molecule has 0 bridgehead atoms. The van der Waals surface area contributed by atoms with Crippen LogP contribution < -0.4 is 9.54 Å². The van der Waals surface area contributed by atoms with Gasteiger partial charge in [-0.3, -0.25) is 4.79 Å². The second-order valence-electron chi connectivity index (χ2n) is 5.94. The minimum absolute atomic E-state index is 0.0459. The molecule has 0 fully saturated rings. The number of methoxy groups -OCH3 is 2. The molecule has 3 aromatic rings. The quantitative estimate of drug-likeness (QED) is 0.572. The van der Waals surface area contributed by atoms with Gasteiger partial charge in [0.05, 0.1) is 29.3 Å². The Kier molecular flexibility index (Phi) is 5.85. The molecule has 148 valence electrons. The van der Waals surface area contributed by atoms with Crippen LogP contribution in [0.2, 0.25) is 0 Å². The Labute approximate surface area is 166 Å². The molecule has 0 saturated heterocycles. The van der Waals surface area contributed by atoms with E-state index < -0.39 is 16.0 Å². The number of sulfonamides is 1. The lowest BCUT2D eigenvalue weighted by molar-refractivity contribution is -0.141. The van der Waals surface area contributed by atoms with Crippen LogP contribution in [0.1, 0.15) is 12.5 Å². The van der Waals surface area contributed by atoms with E-state index in [1.165, 1.54) is 37.7 Å². The van der Waals surface area contributed by atoms with Gasteiger partial charge >= 0.3 is 5.97 Å². The molecule has 0 spiro atoms. The average Bonchev–Trinajstić information content (AvgIpc) is 3.03. The first-order chi connectivity index (χ1) is 13.4. The third kappa shape index (κ3) is 4.10. The maximum absolute atomic E-state index is 12.8. The topological polar surface area (TPSA) is 87.0 Å². The van der Waals surface area contributed by atoms with Crippen LogP contribution in [0.5, 0.6) is 5.75 Å². The Morgan fingerprint density at radius 2 is 1.86 bits per heavy atom. The zero-order valence-electron chi connectivity index (χ0n) is 15.7. The highest BCUT2D eigenvalue weighted by Crippen LogP contribution is 2.21. The second kappa shape index (κ2) is 8.15. The highest BCUT2D eigenvalue weighted by molar-refractivity contribution is 7.90. The van der Waals surface area contributed by atoms with Crippen molar-refractivity contribution in [3.63, 3.8) is 0 Å².